The van der Waals surface area contributed by atoms with Crippen molar-refractivity contribution in [2.24, 2.45) is 0 Å². The van der Waals surface area contributed by atoms with Gasteiger partial charge in [-0.3, -0.25) is 14.8 Å². The number of nitrogens with zero attached hydrogens (tertiary/aromatic N) is 3. The Morgan fingerprint density at radius 1 is 0.879 bits per heavy atom. The Morgan fingerprint density at radius 3 is 2.09 bits per heavy atom. The predicted octanol–water partition coefficient (Wildman–Crippen LogP) is 4.98. The summed E-state index contributed by atoms with van der Waals surface area (Å²) in [6, 6.07) is 17.1. The molecule has 0 fully saturated rings. The van der Waals surface area contributed by atoms with Gasteiger partial charge in [0.1, 0.15) is 0 Å². The fraction of sp³-hybridized carbons (Fsp3) is 0.370. The largest absolute Gasteiger partial charge is 0.493 e. The Bertz CT molecular complexity index is 937. The van der Waals surface area contributed by atoms with E-state index in [1.807, 2.05) is 41.3 Å². The number of carbonyl (C=O) groups is 1. The minimum Gasteiger partial charge on any atom is -0.493 e. The second-order valence-corrected chi connectivity index (χ2v) is 7.86. The first-order valence-electron chi connectivity index (χ1n) is 11.6. The van der Waals surface area contributed by atoms with Crippen LogP contribution in [0.25, 0.3) is 0 Å². The van der Waals surface area contributed by atoms with E-state index in [0.29, 0.717) is 49.6 Å². The van der Waals surface area contributed by atoms with E-state index in [1.54, 1.807) is 37.7 Å². The van der Waals surface area contributed by atoms with Crippen molar-refractivity contribution in [3.05, 3.63) is 83.9 Å². The molecule has 6 heteroatoms. The second-order valence-electron chi connectivity index (χ2n) is 7.86. The summed E-state index contributed by atoms with van der Waals surface area (Å²) in [7, 11) is 1.61. The van der Waals surface area contributed by atoms with E-state index in [4.69, 9.17) is 9.47 Å². The Morgan fingerprint density at radius 2 is 1.55 bits per heavy atom. The number of amides is 1. The van der Waals surface area contributed by atoms with Gasteiger partial charge in [-0.05, 0) is 48.9 Å². The lowest BCUT2D eigenvalue weighted by Crippen LogP contribution is -2.35. The van der Waals surface area contributed by atoms with E-state index in [-0.39, 0.29) is 5.91 Å². The van der Waals surface area contributed by atoms with Crippen molar-refractivity contribution in [2.75, 3.05) is 26.8 Å². The zero-order valence-corrected chi connectivity index (χ0v) is 19.6. The molecular weight excluding hydrogens is 414 g/mol. The standard InChI is InChI=1S/C27H33N3O3/c1-3-4-9-20-33-26-21-22(12-13-25(26)32-2)27(31)30(18-14-23-10-5-7-16-28-23)19-15-24-11-6-8-17-29-24/h5-8,10-13,16-17,21H,3-4,9,14-15,18-20H2,1-2H3. The summed E-state index contributed by atoms with van der Waals surface area (Å²) in [5.41, 5.74) is 2.51. The maximum atomic E-state index is 13.5. The van der Waals surface area contributed by atoms with Crippen LogP contribution in [0.4, 0.5) is 0 Å². The molecule has 0 aliphatic rings. The maximum Gasteiger partial charge on any atom is 0.254 e. The van der Waals surface area contributed by atoms with Gasteiger partial charge in [-0.15, -0.1) is 0 Å². The SMILES string of the molecule is CCCCCOc1cc(C(=O)N(CCc2ccccn2)CCc2ccccn2)ccc1OC. The van der Waals surface area contributed by atoms with E-state index >= 15 is 0 Å². The molecule has 0 unspecified atom stereocenters. The van der Waals surface area contributed by atoms with Crippen LogP contribution in [0.3, 0.4) is 0 Å². The van der Waals surface area contributed by atoms with Crippen LogP contribution < -0.4 is 9.47 Å². The van der Waals surface area contributed by atoms with Gasteiger partial charge < -0.3 is 14.4 Å². The number of hydrogen-bond donors (Lipinski definition) is 0. The molecule has 0 bridgehead atoms. The number of rotatable bonds is 13. The van der Waals surface area contributed by atoms with Gasteiger partial charge in [0.15, 0.2) is 11.5 Å². The summed E-state index contributed by atoms with van der Waals surface area (Å²) in [6.45, 7) is 3.90. The molecule has 3 aromatic rings. The van der Waals surface area contributed by atoms with Crippen molar-refractivity contribution in [2.45, 2.75) is 39.0 Å². The molecule has 33 heavy (non-hydrogen) atoms. The minimum absolute atomic E-state index is 0.0390. The highest BCUT2D eigenvalue weighted by Gasteiger charge is 2.18. The van der Waals surface area contributed by atoms with E-state index in [9.17, 15) is 4.79 Å². The molecule has 0 aliphatic heterocycles. The molecule has 0 radical (unpaired) electrons. The normalized spacial score (nSPS) is 10.6. The van der Waals surface area contributed by atoms with Crippen LogP contribution in [0.1, 0.15) is 47.9 Å². The Hall–Kier alpha value is -3.41. The van der Waals surface area contributed by atoms with Crippen molar-refractivity contribution in [1.82, 2.24) is 14.9 Å². The fourth-order valence-corrected chi connectivity index (χ4v) is 3.55. The number of methoxy groups -OCH3 is 1. The Labute approximate surface area is 196 Å². The first-order chi connectivity index (χ1) is 16.2. The lowest BCUT2D eigenvalue weighted by Gasteiger charge is -2.23. The summed E-state index contributed by atoms with van der Waals surface area (Å²) >= 11 is 0. The molecule has 174 valence electrons. The van der Waals surface area contributed by atoms with Crippen molar-refractivity contribution >= 4 is 5.91 Å². The van der Waals surface area contributed by atoms with Crippen LogP contribution in [0.15, 0.2) is 67.0 Å². The van der Waals surface area contributed by atoms with Crippen LogP contribution in [0.2, 0.25) is 0 Å². The molecule has 0 spiro atoms. The molecule has 2 heterocycles. The number of hydrogen-bond acceptors (Lipinski definition) is 5. The number of benzene rings is 1. The van der Waals surface area contributed by atoms with Crippen molar-refractivity contribution in [3.63, 3.8) is 0 Å². The Balaban J connectivity index is 1.75. The highest BCUT2D eigenvalue weighted by Crippen LogP contribution is 2.29. The highest BCUT2D eigenvalue weighted by molar-refractivity contribution is 5.95. The van der Waals surface area contributed by atoms with Crippen LogP contribution in [0, 0.1) is 0 Å². The summed E-state index contributed by atoms with van der Waals surface area (Å²) < 4.78 is 11.4. The van der Waals surface area contributed by atoms with Gasteiger partial charge in [-0.25, -0.2) is 0 Å². The number of unbranched alkanes of at least 4 members (excludes halogenated alkanes) is 2. The van der Waals surface area contributed by atoms with Crippen LogP contribution in [-0.2, 0) is 12.8 Å². The third-order valence-electron chi connectivity index (χ3n) is 5.43. The van der Waals surface area contributed by atoms with Gasteiger partial charge in [0, 0.05) is 55.3 Å². The van der Waals surface area contributed by atoms with Crippen LogP contribution in [-0.4, -0.2) is 47.6 Å². The average molecular weight is 448 g/mol. The van der Waals surface area contributed by atoms with Crippen molar-refractivity contribution < 1.29 is 14.3 Å². The molecule has 0 aliphatic carbocycles. The number of pyridine rings is 2. The smallest absolute Gasteiger partial charge is 0.254 e. The second kappa shape index (κ2) is 13.2. The molecule has 3 rings (SSSR count). The van der Waals surface area contributed by atoms with Crippen molar-refractivity contribution in [3.8, 4) is 11.5 Å². The van der Waals surface area contributed by atoms with Gasteiger partial charge in [0.05, 0.1) is 13.7 Å². The number of carbonyl (C=O) groups excluding carboxylic acids is 1. The molecule has 0 N–H and O–H groups in total. The van der Waals surface area contributed by atoms with E-state index in [0.717, 1.165) is 30.7 Å². The molecule has 6 nitrogen and oxygen atoms in total. The quantitative estimate of drug-likeness (QED) is 0.346. The number of aromatic nitrogens is 2. The van der Waals surface area contributed by atoms with Gasteiger partial charge >= 0.3 is 0 Å². The molecule has 0 saturated carbocycles. The first-order valence-corrected chi connectivity index (χ1v) is 11.6. The monoisotopic (exact) mass is 447 g/mol. The van der Waals surface area contributed by atoms with Crippen molar-refractivity contribution in [1.29, 1.82) is 0 Å². The summed E-state index contributed by atoms with van der Waals surface area (Å²) in [5, 5.41) is 0. The first kappa shape index (κ1) is 24.2. The zero-order valence-electron chi connectivity index (χ0n) is 19.6. The van der Waals surface area contributed by atoms with Gasteiger partial charge in [-0.2, -0.15) is 0 Å². The lowest BCUT2D eigenvalue weighted by atomic mass is 10.1. The Kier molecular flexibility index (Phi) is 9.70. The molecule has 0 atom stereocenters. The molecule has 1 aromatic carbocycles. The topological polar surface area (TPSA) is 64.5 Å². The van der Waals surface area contributed by atoms with Crippen LogP contribution >= 0.6 is 0 Å². The third kappa shape index (κ3) is 7.59. The number of ether oxygens (including phenoxy) is 2. The molecular formula is C27H33N3O3. The minimum atomic E-state index is -0.0390. The molecule has 1 amide bonds. The van der Waals surface area contributed by atoms with Crippen LogP contribution in [0.5, 0.6) is 11.5 Å². The lowest BCUT2D eigenvalue weighted by molar-refractivity contribution is 0.0758. The zero-order chi connectivity index (χ0) is 23.3. The summed E-state index contributed by atoms with van der Waals surface area (Å²) in [6.07, 6.45) is 8.13. The summed E-state index contributed by atoms with van der Waals surface area (Å²) in [5.74, 6) is 1.20. The van der Waals surface area contributed by atoms with Gasteiger partial charge in [0.2, 0.25) is 0 Å². The average Bonchev–Trinajstić information content (AvgIpc) is 2.87. The van der Waals surface area contributed by atoms with E-state index < -0.39 is 0 Å². The predicted molar refractivity (Wildman–Crippen MR) is 130 cm³/mol. The van der Waals surface area contributed by atoms with Gasteiger partial charge in [-0.1, -0.05) is 31.9 Å². The van der Waals surface area contributed by atoms with E-state index in [2.05, 4.69) is 16.9 Å². The molecule has 0 saturated heterocycles. The summed E-state index contributed by atoms with van der Waals surface area (Å²) in [4.78, 5) is 24.2. The highest BCUT2D eigenvalue weighted by atomic mass is 16.5. The third-order valence-corrected chi connectivity index (χ3v) is 5.43. The molecule has 2 aromatic heterocycles. The fourth-order valence-electron chi connectivity index (χ4n) is 3.55. The van der Waals surface area contributed by atoms with Gasteiger partial charge in [0.25, 0.3) is 5.91 Å². The van der Waals surface area contributed by atoms with E-state index in [1.165, 1.54) is 0 Å². The maximum absolute atomic E-state index is 13.5.